The molecule has 8 nitrogen and oxygen atoms in total. The van der Waals surface area contributed by atoms with Gasteiger partial charge in [0.2, 0.25) is 0 Å². The van der Waals surface area contributed by atoms with Crippen molar-refractivity contribution < 1.29 is 24.2 Å². The Balaban J connectivity index is 2.44. The molecule has 1 N–H and O–H groups in total. The van der Waals surface area contributed by atoms with E-state index < -0.39 is 29.8 Å². The minimum atomic E-state index is -1.34. The summed E-state index contributed by atoms with van der Waals surface area (Å²) in [7, 11) is 1.48. The maximum Gasteiger partial charge on any atom is 0.313 e. The lowest BCUT2D eigenvalue weighted by atomic mass is 9.91. The van der Waals surface area contributed by atoms with Crippen molar-refractivity contribution in [3.63, 3.8) is 0 Å². The van der Waals surface area contributed by atoms with Crippen LogP contribution in [0.2, 0.25) is 0 Å². The fourth-order valence-electron chi connectivity index (χ4n) is 2.33. The summed E-state index contributed by atoms with van der Waals surface area (Å²) in [5.74, 6) is -1.07. The number of carbonyl (C=O) groups excluding carboxylic acids is 2. The van der Waals surface area contributed by atoms with Gasteiger partial charge in [-0.3, -0.25) is 9.59 Å². The van der Waals surface area contributed by atoms with Gasteiger partial charge in [-0.25, -0.2) is 0 Å². The van der Waals surface area contributed by atoms with Gasteiger partial charge < -0.3 is 14.6 Å². The van der Waals surface area contributed by atoms with E-state index >= 15 is 0 Å². The third-order valence-electron chi connectivity index (χ3n) is 3.29. The minimum absolute atomic E-state index is 0.0915. The summed E-state index contributed by atoms with van der Waals surface area (Å²) in [6.45, 7) is 0.358. The molecule has 1 saturated carbocycles. The molecule has 8 heteroatoms. The highest BCUT2D eigenvalue weighted by atomic mass is 16.6. The number of ketones is 1. The molecule has 0 aromatic carbocycles. The molecule has 0 radical (unpaired) electrons. The highest BCUT2D eigenvalue weighted by molar-refractivity contribution is 5.96. The zero-order valence-electron chi connectivity index (χ0n) is 11.4. The van der Waals surface area contributed by atoms with Gasteiger partial charge in [-0.05, 0) is 18.4 Å². The van der Waals surface area contributed by atoms with E-state index in [4.69, 9.17) is 15.0 Å². The summed E-state index contributed by atoms with van der Waals surface area (Å²) in [5.41, 5.74) is 7.10. The SMILES string of the molecule is COCCOC(=O)CC(=O)C[C@]1(O)CCC[C@@H]1N=[N+]=[N-]. The molecule has 0 bridgehead atoms. The number of methoxy groups -OCH3 is 1. The quantitative estimate of drug-likeness (QED) is 0.179. The first-order valence-corrected chi connectivity index (χ1v) is 6.44. The maximum absolute atomic E-state index is 11.8. The van der Waals surface area contributed by atoms with Crippen LogP contribution in [0.4, 0.5) is 0 Å². The molecule has 0 heterocycles. The lowest BCUT2D eigenvalue weighted by Gasteiger charge is -2.26. The van der Waals surface area contributed by atoms with Crippen LogP contribution in [-0.2, 0) is 19.1 Å². The van der Waals surface area contributed by atoms with Gasteiger partial charge in [0.25, 0.3) is 0 Å². The molecule has 1 aliphatic carbocycles. The molecule has 0 unspecified atom stereocenters. The molecule has 20 heavy (non-hydrogen) atoms. The van der Waals surface area contributed by atoms with Gasteiger partial charge in [0.05, 0.1) is 18.2 Å². The number of carbonyl (C=O) groups is 2. The van der Waals surface area contributed by atoms with Gasteiger partial charge in [0.15, 0.2) is 0 Å². The third kappa shape index (κ3) is 4.80. The second-order valence-corrected chi connectivity index (χ2v) is 4.82. The number of rotatable bonds is 8. The van der Waals surface area contributed by atoms with E-state index in [0.717, 1.165) is 0 Å². The Morgan fingerprint density at radius 1 is 1.50 bits per heavy atom. The van der Waals surface area contributed by atoms with Crippen molar-refractivity contribution in [2.24, 2.45) is 5.11 Å². The number of hydrogen-bond acceptors (Lipinski definition) is 6. The molecular formula is C12H19N3O5. The Bertz CT molecular complexity index is 408. The Kier molecular flexibility index (Phi) is 6.44. The fourth-order valence-corrected chi connectivity index (χ4v) is 2.33. The maximum atomic E-state index is 11.8. The molecule has 0 aliphatic heterocycles. The molecule has 0 aromatic heterocycles. The lowest BCUT2D eigenvalue weighted by Crippen LogP contribution is -2.38. The predicted octanol–water partition coefficient (Wildman–Crippen LogP) is 1.12. The van der Waals surface area contributed by atoms with E-state index in [2.05, 4.69) is 10.0 Å². The summed E-state index contributed by atoms with van der Waals surface area (Å²) in [6.07, 6.45) is 1.03. The van der Waals surface area contributed by atoms with Crippen LogP contribution in [0.3, 0.4) is 0 Å². The predicted molar refractivity (Wildman–Crippen MR) is 68.8 cm³/mol. The zero-order chi connectivity index (χ0) is 15.0. The molecule has 1 fully saturated rings. The van der Waals surface area contributed by atoms with Crippen molar-refractivity contribution in [3.8, 4) is 0 Å². The van der Waals surface area contributed by atoms with Gasteiger partial charge >= 0.3 is 5.97 Å². The van der Waals surface area contributed by atoms with Gasteiger partial charge in [0.1, 0.15) is 18.8 Å². The van der Waals surface area contributed by atoms with Crippen molar-refractivity contribution in [1.82, 2.24) is 0 Å². The van der Waals surface area contributed by atoms with Gasteiger partial charge in [-0.2, -0.15) is 0 Å². The normalized spacial score (nSPS) is 25.0. The fraction of sp³-hybridized carbons (Fsp3) is 0.833. The standard InChI is InChI=1S/C12H19N3O5/c1-19-5-6-20-11(17)7-9(16)8-12(18)4-2-3-10(12)14-15-13/h10,18H,2-8H2,1H3/t10-,12+/m0/s1. The van der Waals surface area contributed by atoms with E-state index in [0.29, 0.717) is 19.3 Å². The zero-order valence-corrected chi connectivity index (χ0v) is 11.4. The first-order chi connectivity index (χ1) is 9.51. The highest BCUT2D eigenvalue weighted by Gasteiger charge is 2.42. The summed E-state index contributed by atoms with van der Waals surface area (Å²) < 4.78 is 9.49. The average molecular weight is 285 g/mol. The van der Waals surface area contributed by atoms with E-state index in [-0.39, 0.29) is 19.6 Å². The third-order valence-corrected chi connectivity index (χ3v) is 3.29. The number of nitrogens with zero attached hydrogens (tertiary/aromatic N) is 3. The van der Waals surface area contributed by atoms with E-state index in [1.54, 1.807) is 0 Å². The summed E-state index contributed by atoms with van der Waals surface area (Å²) in [5, 5.41) is 13.8. The van der Waals surface area contributed by atoms with Crippen LogP contribution < -0.4 is 0 Å². The summed E-state index contributed by atoms with van der Waals surface area (Å²) in [6, 6.07) is -0.610. The average Bonchev–Trinajstić information content (AvgIpc) is 2.71. The summed E-state index contributed by atoms with van der Waals surface area (Å²) in [4.78, 5) is 25.8. The van der Waals surface area contributed by atoms with Crippen LogP contribution in [0, 0.1) is 0 Å². The van der Waals surface area contributed by atoms with Crippen molar-refractivity contribution in [3.05, 3.63) is 10.4 Å². The Morgan fingerprint density at radius 3 is 2.90 bits per heavy atom. The minimum Gasteiger partial charge on any atom is -0.463 e. The number of ether oxygens (including phenoxy) is 2. The van der Waals surface area contributed by atoms with Gasteiger partial charge in [0, 0.05) is 18.4 Å². The van der Waals surface area contributed by atoms with E-state index in [9.17, 15) is 14.7 Å². The number of azide groups is 1. The van der Waals surface area contributed by atoms with Crippen molar-refractivity contribution >= 4 is 11.8 Å². The van der Waals surface area contributed by atoms with Gasteiger partial charge in [-0.1, -0.05) is 11.5 Å². The first-order valence-electron chi connectivity index (χ1n) is 6.44. The Labute approximate surface area is 116 Å². The van der Waals surface area contributed by atoms with Crippen molar-refractivity contribution in [2.45, 2.75) is 43.7 Å². The molecule has 0 spiro atoms. The molecule has 0 aromatic rings. The van der Waals surface area contributed by atoms with Crippen LogP contribution >= 0.6 is 0 Å². The summed E-state index contributed by atoms with van der Waals surface area (Å²) >= 11 is 0. The molecule has 0 amide bonds. The molecule has 1 aliphatic rings. The van der Waals surface area contributed by atoms with Gasteiger partial charge in [-0.15, -0.1) is 0 Å². The van der Waals surface area contributed by atoms with E-state index in [1.807, 2.05) is 0 Å². The van der Waals surface area contributed by atoms with Crippen LogP contribution in [0.15, 0.2) is 5.11 Å². The largest absolute Gasteiger partial charge is 0.463 e. The number of esters is 1. The molecule has 1 rings (SSSR count). The van der Waals surface area contributed by atoms with Crippen LogP contribution in [0.5, 0.6) is 0 Å². The van der Waals surface area contributed by atoms with Crippen LogP contribution in [-0.4, -0.2) is 48.8 Å². The monoisotopic (exact) mass is 285 g/mol. The highest BCUT2D eigenvalue weighted by Crippen LogP contribution is 2.35. The van der Waals surface area contributed by atoms with Crippen molar-refractivity contribution in [2.75, 3.05) is 20.3 Å². The second-order valence-electron chi connectivity index (χ2n) is 4.82. The number of aliphatic hydroxyl groups is 1. The molecule has 0 saturated heterocycles. The van der Waals surface area contributed by atoms with Crippen LogP contribution in [0.1, 0.15) is 32.1 Å². The molecule has 2 atom stereocenters. The van der Waals surface area contributed by atoms with Crippen LogP contribution in [0.25, 0.3) is 10.4 Å². The molecule has 112 valence electrons. The Hall–Kier alpha value is -1.63. The molecular weight excluding hydrogens is 266 g/mol. The van der Waals surface area contributed by atoms with E-state index in [1.165, 1.54) is 7.11 Å². The number of hydrogen-bond donors (Lipinski definition) is 1. The smallest absolute Gasteiger partial charge is 0.313 e. The van der Waals surface area contributed by atoms with Crippen molar-refractivity contribution in [1.29, 1.82) is 0 Å². The topological polar surface area (TPSA) is 122 Å². The number of Topliss-reactive ketones (excluding diaryl/α,β-unsaturated/α-hetero) is 1. The Morgan fingerprint density at radius 2 is 2.25 bits per heavy atom. The lowest BCUT2D eigenvalue weighted by molar-refractivity contribution is -0.148. The second kappa shape index (κ2) is 7.84. The first kappa shape index (κ1) is 16.4.